The zero-order valence-corrected chi connectivity index (χ0v) is 8.19. The Hall–Kier alpha value is -0.860. The van der Waals surface area contributed by atoms with E-state index in [-0.39, 0.29) is 0 Å². The molecule has 76 valence electrons. The molecule has 0 atom stereocenters. The van der Waals surface area contributed by atoms with Crippen molar-refractivity contribution in [2.75, 3.05) is 0 Å². The second-order valence-corrected chi connectivity index (χ2v) is 2.71. The molecule has 0 unspecified atom stereocenters. The fourth-order valence-electron chi connectivity index (χ4n) is 0.855. The molecule has 0 bridgehead atoms. The highest BCUT2D eigenvalue weighted by atomic mass is 19.3. The molecular formula is C10H17F2N. The first-order valence-corrected chi connectivity index (χ1v) is 4.61. The van der Waals surface area contributed by atoms with Crippen LogP contribution < -0.4 is 5.32 Å². The molecule has 0 aromatic rings. The van der Waals surface area contributed by atoms with Crippen LogP contribution in [-0.4, -0.2) is 6.55 Å². The second kappa shape index (κ2) is 7.77. The van der Waals surface area contributed by atoms with Gasteiger partial charge in [-0.3, -0.25) is 0 Å². The van der Waals surface area contributed by atoms with Crippen LogP contribution in [0.5, 0.6) is 0 Å². The molecule has 0 aliphatic heterocycles. The average Bonchev–Trinajstić information content (AvgIpc) is 2.09. The largest absolute Gasteiger partial charge is 0.333 e. The maximum absolute atomic E-state index is 11.9. The molecule has 3 heteroatoms. The van der Waals surface area contributed by atoms with E-state index in [1.807, 2.05) is 19.1 Å². The molecule has 1 N–H and O–H groups in total. The Kier molecular flexibility index (Phi) is 7.26. The van der Waals surface area contributed by atoms with Crippen molar-refractivity contribution in [3.8, 4) is 0 Å². The number of nitrogens with one attached hydrogen (secondary N) is 1. The van der Waals surface area contributed by atoms with Crippen molar-refractivity contribution in [2.45, 2.75) is 39.7 Å². The fourth-order valence-corrected chi connectivity index (χ4v) is 0.855. The van der Waals surface area contributed by atoms with Crippen molar-refractivity contribution in [1.82, 2.24) is 5.32 Å². The van der Waals surface area contributed by atoms with E-state index < -0.39 is 6.55 Å². The van der Waals surface area contributed by atoms with Gasteiger partial charge in [0, 0.05) is 5.70 Å². The first-order chi connectivity index (χ1) is 6.20. The molecule has 0 saturated heterocycles. The SMILES string of the molecule is CCC/C=C\C=C(\CC)NC(F)F. The maximum atomic E-state index is 11.9. The van der Waals surface area contributed by atoms with E-state index >= 15 is 0 Å². The third-order valence-electron chi connectivity index (χ3n) is 1.56. The molecule has 0 aromatic heterocycles. The van der Waals surface area contributed by atoms with Crippen molar-refractivity contribution < 1.29 is 8.78 Å². The molecule has 0 rings (SSSR count). The molecule has 0 radical (unpaired) electrons. The van der Waals surface area contributed by atoms with E-state index in [2.05, 4.69) is 12.2 Å². The normalized spacial score (nSPS) is 12.8. The summed E-state index contributed by atoms with van der Waals surface area (Å²) in [5.41, 5.74) is 0.572. The van der Waals surface area contributed by atoms with E-state index in [0.717, 1.165) is 12.8 Å². The quantitative estimate of drug-likeness (QED) is 0.498. The minimum atomic E-state index is -2.47. The average molecular weight is 189 g/mol. The van der Waals surface area contributed by atoms with Crippen LogP contribution >= 0.6 is 0 Å². The van der Waals surface area contributed by atoms with Gasteiger partial charge in [0.2, 0.25) is 0 Å². The summed E-state index contributed by atoms with van der Waals surface area (Å²) in [5.74, 6) is 0. The van der Waals surface area contributed by atoms with Crippen LogP contribution in [0.2, 0.25) is 0 Å². The first-order valence-electron chi connectivity index (χ1n) is 4.61. The molecule has 0 saturated carbocycles. The first kappa shape index (κ1) is 12.1. The van der Waals surface area contributed by atoms with Crippen LogP contribution in [-0.2, 0) is 0 Å². The molecule has 0 fully saturated rings. The molecule has 13 heavy (non-hydrogen) atoms. The number of rotatable bonds is 6. The Morgan fingerprint density at radius 2 is 2.08 bits per heavy atom. The van der Waals surface area contributed by atoms with Gasteiger partial charge in [0.25, 0.3) is 0 Å². The topological polar surface area (TPSA) is 12.0 Å². The van der Waals surface area contributed by atoms with E-state index in [1.165, 1.54) is 0 Å². The summed E-state index contributed by atoms with van der Waals surface area (Å²) in [6, 6.07) is 0. The zero-order chi connectivity index (χ0) is 10.1. The summed E-state index contributed by atoms with van der Waals surface area (Å²) in [6.07, 6.45) is 8.15. The van der Waals surface area contributed by atoms with Crippen LogP contribution in [0, 0.1) is 0 Å². The van der Waals surface area contributed by atoms with Gasteiger partial charge in [-0.1, -0.05) is 32.4 Å². The molecule has 0 amide bonds. The molecule has 0 aliphatic rings. The van der Waals surface area contributed by atoms with Gasteiger partial charge < -0.3 is 5.32 Å². The lowest BCUT2D eigenvalue weighted by Crippen LogP contribution is -2.18. The number of alkyl halides is 2. The number of unbranched alkanes of at least 4 members (excludes halogenated alkanes) is 1. The van der Waals surface area contributed by atoms with Gasteiger partial charge in [0.05, 0.1) is 0 Å². The minimum absolute atomic E-state index is 0.572. The Balaban J connectivity index is 3.91. The van der Waals surface area contributed by atoms with E-state index in [4.69, 9.17) is 0 Å². The van der Waals surface area contributed by atoms with Crippen molar-refractivity contribution >= 4 is 0 Å². The van der Waals surface area contributed by atoms with Gasteiger partial charge in [0.1, 0.15) is 0 Å². The Morgan fingerprint density at radius 3 is 2.54 bits per heavy atom. The number of hydrogen-bond donors (Lipinski definition) is 1. The monoisotopic (exact) mass is 189 g/mol. The number of allylic oxidation sites excluding steroid dienone is 4. The molecule has 0 aliphatic carbocycles. The number of hydrogen-bond acceptors (Lipinski definition) is 1. The lowest BCUT2D eigenvalue weighted by atomic mass is 10.2. The summed E-state index contributed by atoms with van der Waals surface area (Å²) >= 11 is 0. The van der Waals surface area contributed by atoms with Gasteiger partial charge >= 0.3 is 6.55 Å². The molecule has 1 nitrogen and oxygen atoms in total. The fraction of sp³-hybridized carbons (Fsp3) is 0.600. The standard InChI is InChI=1S/C10H17F2N/c1-3-5-6-7-8-9(4-2)13-10(11)12/h6-8,10,13H,3-5H2,1-2H3/b7-6-,9-8-. The van der Waals surface area contributed by atoms with Crippen LogP contribution in [0.3, 0.4) is 0 Å². The lowest BCUT2D eigenvalue weighted by Gasteiger charge is -2.05. The predicted octanol–water partition coefficient (Wildman–Crippen LogP) is 3.45. The van der Waals surface area contributed by atoms with Crippen molar-refractivity contribution in [3.63, 3.8) is 0 Å². The highest BCUT2D eigenvalue weighted by molar-refractivity contribution is 5.10. The zero-order valence-electron chi connectivity index (χ0n) is 8.19. The summed E-state index contributed by atoms with van der Waals surface area (Å²) in [4.78, 5) is 0. The Bertz CT molecular complexity index is 174. The van der Waals surface area contributed by atoms with Gasteiger partial charge in [-0.25, -0.2) is 0 Å². The van der Waals surface area contributed by atoms with E-state index in [9.17, 15) is 8.78 Å². The predicted molar refractivity (Wildman–Crippen MR) is 51.6 cm³/mol. The van der Waals surface area contributed by atoms with Crippen LogP contribution in [0.25, 0.3) is 0 Å². The second-order valence-electron chi connectivity index (χ2n) is 2.71. The highest BCUT2D eigenvalue weighted by Crippen LogP contribution is 2.00. The maximum Gasteiger partial charge on any atom is 0.312 e. The van der Waals surface area contributed by atoms with Gasteiger partial charge in [-0.05, 0) is 18.9 Å². The third kappa shape index (κ3) is 7.50. The summed E-state index contributed by atoms with van der Waals surface area (Å²) in [6.45, 7) is 1.45. The Labute approximate surface area is 78.5 Å². The van der Waals surface area contributed by atoms with Gasteiger partial charge in [0.15, 0.2) is 0 Å². The Morgan fingerprint density at radius 1 is 1.38 bits per heavy atom. The summed E-state index contributed by atoms with van der Waals surface area (Å²) < 4.78 is 23.7. The van der Waals surface area contributed by atoms with Crippen LogP contribution in [0.1, 0.15) is 33.1 Å². The molecular weight excluding hydrogens is 172 g/mol. The van der Waals surface area contributed by atoms with Crippen LogP contribution in [0.15, 0.2) is 23.9 Å². The van der Waals surface area contributed by atoms with Crippen LogP contribution in [0.4, 0.5) is 8.78 Å². The number of halogens is 2. The third-order valence-corrected chi connectivity index (χ3v) is 1.56. The highest BCUT2D eigenvalue weighted by Gasteiger charge is 2.00. The van der Waals surface area contributed by atoms with Crippen molar-refractivity contribution in [3.05, 3.63) is 23.9 Å². The minimum Gasteiger partial charge on any atom is -0.333 e. The summed E-state index contributed by atoms with van der Waals surface area (Å²) in [7, 11) is 0. The van der Waals surface area contributed by atoms with E-state index in [0.29, 0.717) is 12.1 Å². The van der Waals surface area contributed by atoms with E-state index in [1.54, 1.807) is 6.08 Å². The van der Waals surface area contributed by atoms with Crippen molar-refractivity contribution in [1.29, 1.82) is 0 Å². The molecule has 0 aromatic carbocycles. The lowest BCUT2D eigenvalue weighted by molar-refractivity contribution is 0.119. The smallest absolute Gasteiger partial charge is 0.312 e. The summed E-state index contributed by atoms with van der Waals surface area (Å²) in [5, 5.41) is 2.08. The molecule has 0 heterocycles. The van der Waals surface area contributed by atoms with Gasteiger partial charge in [-0.15, -0.1) is 0 Å². The van der Waals surface area contributed by atoms with Crippen molar-refractivity contribution in [2.24, 2.45) is 0 Å². The molecule has 0 spiro atoms. The van der Waals surface area contributed by atoms with Gasteiger partial charge in [-0.2, -0.15) is 8.78 Å².